The number of hydrogen-bond donors (Lipinski definition) is 1. The summed E-state index contributed by atoms with van der Waals surface area (Å²) in [7, 11) is 0. The summed E-state index contributed by atoms with van der Waals surface area (Å²) in [6.07, 6.45) is -2.75. The van der Waals surface area contributed by atoms with Crippen molar-refractivity contribution in [2.75, 3.05) is 12.0 Å². The van der Waals surface area contributed by atoms with Crippen molar-refractivity contribution in [2.24, 2.45) is 0 Å². The maximum atomic E-state index is 12.7. The Hall–Kier alpha value is -0.570. The zero-order valence-electron chi connectivity index (χ0n) is 10.3. The van der Waals surface area contributed by atoms with Crippen LogP contribution in [0.15, 0.2) is 21.6 Å². The molecule has 0 radical (unpaired) electrons. The van der Waals surface area contributed by atoms with Gasteiger partial charge in [-0.2, -0.15) is 18.3 Å². The molecule has 0 saturated carbocycles. The molecule has 0 aliphatic heterocycles. The Morgan fingerprint density at radius 3 is 2.19 bits per heavy atom. The lowest BCUT2D eigenvalue weighted by Crippen LogP contribution is -2.08. The summed E-state index contributed by atoms with van der Waals surface area (Å²) in [5, 5.41) is 4.36. The number of aromatic nitrogens is 2. The molecule has 0 atom stereocenters. The Bertz CT molecular complexity index is 680. The van der Waals surface area contributed by atoms with Crippen molar-refractivity contribution in [3.63, 3.8) is 0 Å². The number of thioether (sulfide) groups is 1. The monoisotopic (exact) mass is 419 g/mol. The van der Waals surface area contributed by atoms with Gasteiger partial charge in [0.05, 0.1) is 20.1 Å². The number of benzene rings is 1. The molecule has 114 valence electrons. The molecule has 21 heavy (non-hydrogen) atoms. The number of nitrogens with zero attached hydrogens (tertiary/aromatic N) is 2. The van der Waals surface area contributed by atoms with Crippen molar-refractivity contribution < 1.29 is 13.2 Å². The van der Waals surface area contributed by atoms with Gasteiger partial charge in [0.2, 0.25) is 0 Å². The number of halogens is 6. The first kappa shape index (κ1) is 16.8. The van der Waals surface area contributed by atoms with Crippen LogP contribution in [0.1, 0.15) is 5.56 Å². The van der Waals surface area contributed by atoms with Gasteiger partial charge in [0.25, 0.3) is 0 Å². The van der Waals surface area contributed by atoms with Gasteiger partial charge < -0.3 is 5.73 Å². The van der Waals surface area contributed by atoms with Crippen LogP contribution in [-0.2, 0) is 6.18 Å². The van der Waals surface area contributed by atoms with Crippen molar-refractivity contribution >= 4 is 56.7 Å². The lowest BCUT2D eigenvalue weighted by Gasteiger charge is -2.13. The molecule has 0 amide bonds. The number of anilines is 1. The van der Waals surface area contributed by atoms with Gasteiger partial charge in [0.15, 0.2) is 0 Å². The molecule has 0 fully saturated rings. The first-order chi connectivity index (χ1) is 9.66. The van der Waals surface area contributed by atoms with Crippen LogP contribution in [-0.4, -0.2) is 16.0 Å². The molecule has 0 bridgehead atoms. The highest BCUT2D eigenvalue weighted by atomic mass is 79.9. The summed E-state index contributed by atoms with van der Waals surface area (Å²) < 4.78 is 39.9. The minimum Gasteiger partial charge on any atom is -0.383 e. The molecule has 0 spiro atoms. The van der Waals surface area contributed by atoms with Crippen LogP contribution in [0.4, 0.5) is 19.0 Å². The minimum absolute atomic E-state index is 0.102. The number of nitrogen functional groups attached to an aromatic ring is 1. The zero-order chi connectivity index (χ0) is 15.9. The fourth-order valence-electron chi connectivity index (χ4n) is 1.62. The molecule has 3 nitrogen and oxygen atoms in total. The Kier molecular flexibility index (Phi) is 4.72. The molecular formula is C11H7BrCl2F3N3S. The van der Waals surface area contributed by atoms with Crippen LogP contribution in [0.25, 0.3) is 5.69 Å². The van der Waals surface area contributed by atoms with Crippen molar-refractivity contribution in [1.82, 2.24) is 9.78 Å². The van der Waals surface area contributed by atoms with E-state index in [1.54, 1.807) is 6.26 Å². The molecule has 2 rings (SSSR count). The van der Waals surface area contributed by atoms with Crippen molar-refractivity contribution in [3.8, 4) is 5.69 Å². The van der Waals surface area contributed by atoms with E-state index in [9.17, 15) is 13.2 Å². The van der Waals surface area contributed by atoms with Crippen molar-refractivity contribution in [3.05, 3.63) is 32.2 Å². The van der Waals surface area contributed by atoms with E-state index in [1.807, 2.05) is 0 Å². The largest absolute Gasteiger partial charge is 0.416 e. The van der Waals surface area contributed by atoms with E-state index in [-0.39, 0.29) is 21.6 Å². The van der Waals surface area contributed by atoms with Crippen LogP contribution in [0.3, 0.4) is 0 Å². The van der Waals surface area contributed by atoms with Gasteiger partial charge in [-0.3, -0.25) is 0 Å². The van der Waals surface area contributed by atoms with E-state index < -0.39 is 11.7 Å². The van der Waals surface area contributed by atoms with Crippen molar-refractivity contribution in [1.29, 1.82) is 0 Å². The highest BCUT2D eigenvalue weighted by Crippen LogP contribution is 2.40. The predicted octanol–water partition coefficient (Wildman–Crippen LogP) is 5.26. The molecule has 0 aliphatic rings. The second-order valence-electron chi connectivity index (χ2n) is 3.91. The maximum absolute atomic E-state index is 12.7. The average Bonchev–Trinajstić information content (AvgIpc) is 2.65. The van der Waals surface area contributed by atoms with Crippen LogP contribution in [0.2, 0.25) is 10.0 Å². The molecule has 0 saturated heterocycles. The maximum Gasteiger partial charge on any atom is 0.416 e. The summed E-state index contributed by atoms with van der Waals surface area (Å²) in [6.45, 7) is 0. The molecule has 2 N–H and O–H groups in total. The summed E-state index contributed by atoms with van der Waals surface area (Å²) in [6, 6.07) is 1.58. The quantitative estimate of drug-likeness (QED) is 0.673. The van der Waals surface area contributed by atoms with E-state index in [4.69, 9.17) is 28.9 Å². The molecular weight excluding hydrogens is 414 g/mol. The standard InChI is InChI=1S/C11H7BrCl2F3N3S/c1-21-10-7(12)9(18)20(19-10)8-5(13)2-4(3-6(8)14)11(15,16)17/h2-3H,18H2,1H3. The fourth-order valence-corrected chi connectivity index (χ4v) is 3.45. The van der Waals surface area contributed by atoms with Gasteiger partial charge >= 0.3 is 6.18 Å². The zero-order valence-corrected chi connectivity index (χ0v) is 14.2. The molecule has 1 heterocycles. The summed E-state index contributed by atoms with van der Waals surface area (Å²) in [5.74, 6) is 0.197. The van der Waals surface area contributed by atoms with Crippen molar-refractivity contribution in [2.45, 2.75) is 11.2 Å². The number of hydrogen-bond acceptors (Lipinski definition) is 3. The van der Waals surface area contributed by atoms with Crippen LogP contribution in [0.5, 0.6) is 0 Å². The molecule has 10 heteroatoms. The van der Waals surface area contributed by atoms with Gasteiger partial charge in [-0.1, -0.05) is 23.2 Å². The van der Waals surface area contributed by atoms with Crippen LogP contribution < -0.4 is 5.73 Å². The first-order valence-corrected chi connectivity index (χ1v) is 8.08. The number of rotatable bonds is 2. The van der Waals surface area contributed by atoms with E-state index in [2.05, 4.69) is 21.0 Å². The van der Waals surface area contributed by atoms with Gasteiger partial charge in [0.1, 0.15) is 16.5 Å². The van der Waals surface area contributed by atoms with Gasteiger partial charge in [-0.05, 0) is 34.3 Å². The van der Waals surface area contributed by atoms with Gasteiger partial charge in [0, 0.05) is 0 Å². The Balaban J connectivity index is 2.66. The lowest BCUT2D eigenvalue weighted by molar-refractivity contribution is -0.137. The van der Waals surface area contributed by atoms with Crippen LogP contribution >= 0.6 is 50.9 Å². The predicted molar refractivity (Wildman–Crippen MR) is 82.5 cm³/mol. The molecule has 1 aromatic carbocycles. The molecule has 2 aromatic rings. The Labute approximate surface area is 140 Å². The third-order valence-corrected chi connectivity index (χ3v) is 4.87. The van der Waals surface area contributed by atoms with E-state index >= 15 is 0 Å². The highest BCUT2D eigenvalue weighted by Gasteiger charge is 2.32. The Morgan fingerprint density at radius 2 is 1.81 bits per heavy atom. The minimum atomic E-state index is -4.54. The third-order valence-electron chi connectivity index (χ3n) is 2.58. The summed E-state index contributed by atoms with van der Waals surface area (Å²) >= 11 is 16.4. The summed E-state index contributed by atoms with van der Waals surface area (Å²) in [4.78, 5) is 0. The third kappa shape index (κ3) is 3.13. The SMILES string of the molecule is CSc1nn(-c2c(Cl)cc(C(F)(F)F)cc2Cl)c(N)c1Br. The second-order valence-corrected chi connectivity index (χ2v) is 6.31. The van der Waals surface area contributed by atoms with Crippen LogP contribution in [0, 0.1) is 0 Å². The normalized spacial score (nSPS) is 12.0. The van der Waals surface area contributed by atoms with Gasteiger partial charge in [-0.25, -0.2) is 4.68 Å². The second kappa shape index (κ2) is 5.91. The average molecular weight is 421 g/mol. The smallest absolute Gasteiger partial charge is 0.383 e. The number of alkyl halides is 3. The molecule has 0 aliphatic carbocycles. The fraction of sp³-hybridized carbons (Fsp3) is 0.182. The summed E-state index contributed by atoms with van der Waals surface area (Å²) in [5.41, 5.74) is 5.04. The first-order valence-electron chi connectivity index (χ1n) is 5.31. The van der Waals surface area contributed by atoms with E-state index in [0.717, 1.165) is 12.1 Å². The molecule has 1 aromatic heterocycles. The van der Waals surface area contributed by atoms with Gasteiger partial charge in [-0.15, -0.1) is 11.8 Å². The number of nitrogens with two attached hydrogens (primary N) is 1. The molecule has 0 unspecified atom stereocenters. The highest BCUT2D eigenvalue weighted by molar-refractivity contribution is 9.10. The van der Waals surface area contributed by atoms with E-state index in [0.29, 0.717) is 9.50 Å². The Morgan fingerprint density at radius 1 is 1.29 bits per heavy atom. The van der Waals surface area contributed by atoms with E-state index in [1.165, 1.54) is 16.4 Å². The topological polar surface area (TPSA) is 43.8 Å². The lowest BCUT2D eigenvalue weighted by atomic mass is 10.2.